The summed E-state index contributed by atoms with van der Waals surface area (Å²) >= 11 is 0. The second-order valence-electron chi connectivity index (χ2n) is 4.28. The summed E-state index contributed by atoms with van der Waals surface area (Å²) in [4.78, 5) is 12.0. The third-order valence-corrected chi connectivity index (χ3v) is 3.11. The highest BCUT2D eigenvalue weighted by Crippen LogP contribution is 2.21. The summed E-state index contributed by atoms with van der Waals surface area (Å²) in [7, 11) is 0. The Morgan fingerprint density at radius 1 is 1.47 bits per heavy atom. The van der Waals surface area contributed by atoms with Crippen LogP contribution in [0.1, 0.15) is 12.8 Å². The zero-order valence-corrected chi connectivity index (χ0v) is 9.36. The number of benzene rings is 1. The highest BCUT2D eigenvalue weighted by molar-refractivity contribution is 6.02. The Hall–Kier alpha value is -1.88. The topological polar surface area (TPSA) is 69.8 Å². The monoisotopic (exact) mass is 230 g/mol. The minimum absolute atomic E-state index is 0.0320. The van der Waals surface area contributed by atoms with Gasteiger partial charge in [-0.05, 0) is 25.5 Å². The van der Waals surface area contributed by atoms with E-state index in [0.29, 0.717) is 0 Å². The van der Waals surface area contributed by atoms with Crippen molar-refractivity contribution in [2.45, 2.75) is 18.9 Å². The zero-order chi connectivity index (χ0) is 11.7. The maximum Gasteiger partial charge on any atom is 0.241 e. The number of nitrogens with one attached hydrogen (secondary N) is 3. The van der Waals surface area contributed by atoms with E-state index in [1.807, 2.05) is 18.2 Å². The number of rotatable bonds is 2. The van der Waals surface area contributed by atoms with Crippen LogP contribution in [-0.2, 0) is 4.79 Å². The summed E-state index contributed by atoms with van der Waals surface area (Å²) in [5.74, 6) is 0.0320. The van der Waals surface area contributed by atoms with Crippen molar-refractivity contribution in [1.82, 2.24) is 15.5 Å². The summed E-state index contributed by atoms with van der Waals surface area (Å²) in [6.45, 7) is 0.923. The lowest BCUT2D eigenvalue weighted by molar-refractivity contribution is -0.117. The molecule has 3 rings (SSSR count). The number of carbonyl (C=O) groups is 1. The Morgan fingerprint density at radius 3 is 3.24 bits per heavy atom. The quantitative estimate of drug-likeness (QED) is 0.727. The van der Waals surface area contributed by atoms with Crippen LogP contribution in [0.3, 0.4) is 0 Å². The molecule has 0 saturated carbocycles. The van der Waals surface area contributed by atoms with Crippen molar-refractivity contribution in [3.63, 3.8) is 0 Å². The third kappa shape index (κ3) is 1.89. The van der Waals surface area contributed by atoms with Crippen LogP contribution in [0.25, 0.3) is 10.9 Å². The number of aromatic amines is 1. The van der Waals surface area contributed by atoms with E-state index in [1.54, 1.807) is 6.20 Å². The number of amides is 1. The van der Waals surface area contributed by atoms with E-state index in [4.69, 9.17) is 0 Å². The van der Waals surface area contributed by atoms with Crippen molar-refractivity contribution < 1.29 is 4.79 Å². The molecule has 1 saturated heterocycles. The van der Waals surface area contributed by atoms with Crippen LogP contribution in [0.4, 0.5) is 5.69 Å². The third-order valence-electron chi connectivity index (χ3n) is 3.11. The lowest BCUT2D eigenvalue weighted by Crippen LogP contribution is -2.35. The Balaban J connectivity index is 1.84. The summed E-state index contributed by atoms with van der Waals surface area (Å²) < 4.78 is 0. The van der Waals surface area contributed by atoms with Gasteiger partial charge in [-0.3, -0.25) is 9.89 Å². The SMILES string of the molecule is O=C(Nc1cccc2cn[nH]c12)[C@@H]1CCCN1. The predicted octanol–water partition coefficient (Wildman–Crippen LogP) is 1.25. The van der Waals surface area contributed by atoms with Gasteiger partial charge in [0.1, 0.15) is 0 Å². The second-order valence-corrected chi connectivity index (χ2v) is 4.28. The fourth-order valence-corrected chi connectivity index (χ4v) is 2.20. The number of fused-ring (bicyclic) bond motifs is 1. The van der Waals surface area contributed by atoms with Gasteiger partial charge in [-0.1, -0.05) is 12.1 Å². The van der Waals surface area contributed by atoms with Gasteiger partial charge in [0.25, 0.3) is 0 Å². The first-order chi connectivity index (χ1) is 8.34. The highest BCUT2D eigenvalue weighted by Gasteiger charge is 2.22. The molecular weight excluding hydrogens is 216 g/mol. The number of hydrogen-bond donors (Lipinski definition) is 3. The summed E-state index contributed by atoms with van der Waals surface area (Å²) in [5.41, 5.74) is 1.66. The van der Waals surface area contributed by atoms with Crippen LogP contribution in [0.2, 0.25) is 0 Å². The van der Waals surface area contributed by atoms with Gasteiger partial charge in [-0.25, -0.2) is 0 Å². The first-order valence-electron chi connectivity index (χ1n) is 5.81. The molecule has 0 aliphatic carbocycles. The predicted molar refractivity (Wildman–Crippen MR) is 65.7 cm³/mol. The number of nitrogens with zero attached hydrogens (tertiary/aromatic N) is 1. The van der Waals surface area contributed by atoms with Crippen molar-refractivity contribution in [1.29, 1.82) is 0 Å². The first kappa shape index (κ1) is 10.3. The molecule has 2 heterocycles. The minimum Gasteiger partial charge on any atom is -0.323 e. The van der Waals surface area contributed by atoms with Gasteiger partial charge in [-0.15, -0.1) is 0 Å². The van der Waals surface area contributed by atoms with Crippen LogP contribution in [-0.4, -0.2) is 28.7 Å². The van der Waals surface area contributed by atoms with Crippen LogP contribution < -0.4 is 10.6 Å². The molecule has 1 aromatic carbocycles. The molecule has 0 bridgehead atoms. The van der Waals surface area contributed by atoms with E-state index in [0.717, 1.165) is 36.0 Å². The standard InChI is InChI=1S/C12H14N4O/c17-12(10-5-2-6-13-10)15-9-4-1-3-8-7-14-16-11(8)9/h1,3-4,7,10,13H,2,5-6H2,(H,14,16)(H,15,17)/t10-/m0/s1. The fourth-order valence-electron chi connectivity index (χ4n) is 2.20. The molecule has 3 N–H and O–H groups in total. The maximum absolute atomic E-state index is 12.0. The summed E-state index contributed by atoms with van der Waals surface area (Å²) in [6.07, 6.45) is 3.72. The molecule has 2 aromatic rings. The van der Waals surface area contributed by atoms with Crippen LogP contribution in [0.15, 0.2) is 24.4 Å². The number of para-hydroxylation sites is 1. The van der Waals surface area contributed by atoms with E-state index < -0.39 is 0 Å². The molecule has 1 amide bonds. The van der Waals surface area contributed by atoms with Crippen molar-refractivity contribution >= 4 is 22.5 Å². The van der Waals surface area contributed by atoms with Gasteiger partial charge in [-0.2, -0.15) is 5.10 Å². The van der Waals surface area contributed by atoms with Gasteiger partial charge in [0.2, 0.25) is 5.91 Å². The Kier molecular flexibility index (Phi) is 2.53. The normalized spacial score (nSPS) is 19.6. The molecule has 1 atom stereocenters. The van der Waals surface area contributed by atoms with Crippen molar-refractivity contribution in [3.05, 3.63) is 24.4 Å². The van der Waals surface area contributed by atoms with Crippen LogP contribution in [0, 0.1) is 0 Å². The average molecular weight is 230 g/mol. The number of anilines is 1. The van der Waals surface area contributed by atoms with E-state index in [-0.39, 0.29) is 11.9 Å². The minimum atomic E-state index is -0.0619. The zero-order valence-electron chi connectivity index (χ0n) is 9.36. The van der Waals surface area contributed by atoms with Gasteiger partial charge in [0.15, 0.2) is 0 Å². The van der Waals surface area contributed by atoms with Gasteiger partial charge in [0.05, 0.1) is 23.4 Å². The Labute approximate surface area is 98.6 Å². The largest absolute Gasteiger partial charge is 0.323 e. The fraction of sp³-hybridized carbons (Fsp3) is 0.333. The first-order valence-corrected chi connectivity index (χ1v) is 5.81. The molecule has 17 heavy (non-hydrogen) atoms. The summed E-state index contributed by atoms with van der Waals surface area (Å²) in [6, 6.07) is 5.69. The Morgan fingerprint density at radius 2 is 2.41 bits per heavy atom. The van der Waals surface area contributed by atoms with Crippen LogP contribution in [0.5, 0.6) is 0 Å². The number of aromatic nitrogens is 2. The van der Waals surface area contributed by atoms with Crippen molar-refractivity contribution in [2.24, 2.45) is 0 Å². The van der Waals surface area contributed by atoms with Gasteiger partial charge in [0, 0.05) is 5.39 Å². The lowest BCUT2D eigenvalue weighted by Gasteiger charge is -2.11. The maximum atomic E-state index is 12.0. The molecule has 5 heteroatoms. The van der Waals surface area contributed by atoms with E-state index in [9.17, 15) is 4.79 Å². The van der Waals surface area contributed by atoms with E-state index >= 15 is 0 Å². The lowest BCUT2D eigenvalue weighted by atomic mass is 10.2. The molecule has 0 radical (unpaired) electrons. The molecule has 1 fully saturated rings. The number of hydrogen-bond acceptors (Lipinski definition) is 3. The van der Waals surface area contributed by atoms with E-state index in [1.165, 1.54) is 0 Å². The van der Waals surface area contributed by atoms with Gasteiger partial charge >= 0.3 is 0 Å². The van der Waals surface area contributed by atoms with Crippen molar-refractivity contribution in [3.8, 4) is 0 Å². The molecular formula is C12H14N4O. The molecule has 1 aliphatic rings. The molecule has 1 aromatic heterocycles. The summed E-state index contributed by atoms with van der Waals surface area (Å²) in [5, 5.41) is 14.0. The molecule has 0 unspecified atom stereocenters. The van der Waals surface area contributed by atoms with Crippen LogP contribution >= 0.6 is 0 Å². The Bertz CT molecular complexity index is 542. The molecule has 1 aliphatic heterocycles. The van der Waals surface area contributed by atoms with Gasteiger partial charge < -0.3 is 10.6 Å². The second kappa shape index (κ2) is 4.18. The number of H-pyrrole nitrogens is 1. The highest BCUT2D eigenvalue weighted by atomic mass is 16.2. The number of carbonyl (C=O) groups excluding carboxylic acids is 1. The smallest absolute Gasteiger partial charge is 0.241 e. The average Bonchev–Trinajstić information content (AvgIpc) is 3.00. The molecule has 88 valence electrons. The van der Waals surface area contributed by atoms with Crippen molar-refractivity contribution in [2.75, 3.05) is 11.9 Å². The molecule has 0 spiro atoms. The molecule has 5 nitrogen and oxygen atoms in total. The van der Waals surface area contributed by atoms with E-state index in [2.05, 4.69) is 20.8 Å².